The second kappa shape index (κ2) is 13.4. The molecule has 1 aliphatic rings. The van der Waals surface area contributed by atoms with E-state index < -0.39 is 11.9 Å². The molecule has 0 radical (unpaired) electrons. The van der Waals surface area contributed by atoms with Crippen LogP contribution < -0.4 is 4.74 Å². The fraction of sp³-hybridized carbons (Fsp3) is 0.522. The summed E-state index contributed by atoms with van der Waals surface area (Å²) >= 11 is 0. The summed E-state index contributed by atoms with van der Waals surface area (Å²) in [6.07, 6.45) is 1.78. The van der Waals surface area contributed by atoms with Gasteiger partial charge in [0.05, 0.1) is 6.61 Å². The molecule has 9 nitrogen and oxygen atoms in total. The summed E-state index contributed by atoms with van der Waals surface area (Å²) in [5, 5.41) is 24.6. The number of hydrogen-bond donors (Lipinski definition) is 3. The van der Waals surface area contributed by atoms with Crippen LogP contribution in [0.2, 0.25) is 0 Å². The summed E-state index contributed by atoms with van der Waals surface area (Å²) in [5.41, 5.74) is 2.14. The van der Waals surface area contributed by atoms with Crippen molar-refractivity contribution in [1.29, 1.82) is 0 Å². The van der Waals surface area contributed by atoms with E-state index in [2.05, 4.69) is 11.5 Å². The van der Waals surface area contributed by atoms with Gasteiger partial charge in [0.15, 0.2) is 11.5 Å². The van der Waals surface area contributed by atoms with Crippen molar-refractivity contribution in [2.24, 2.45) is 5.92 Å². The van der Waals surface area contributed by atoms with Gasteiger partial charge in [-0.25, -0.2) is 9.59 Å². The molecule has 1 aromatic carbocycles. The summed E-state index contributed by atoms with van der Waals surface area (Å²) in [5.74, 6) is -2.56. The molecule has 0 unspecified atom stereocenters. The number of carboxylic acid groups (broad SMARTS) is 2. The number of carboxylic acids is 2. The van der Waals surface area contributed by atoms with Crippen molar-refractivity contribution >= 4 is 17.8 Å². The van der Waals surface area contributed by atoms with Crippen LogP contribution in [0, 0.1) is 5.92 Å². The number of rotatable bonds is 8. The highest BCUT2D eigenvalue weighted by Gasteiger charge is 2.28. The van der Waals surface area contributed by atoms with Crippen molar-refractivity contribution in [3.63, 3.8) is 0 Å². The minimum Gasteiger partial charge on any atom is -0.504 e. The van der Waals surface area contributed by atoms with E-state index in [1.54, 1.807) is 6.07 Å². The predicted octanol–water partition coefficient (Wildman–Crippen LogP) is 2.58. The van der Waals surface area contributed by atoms with Gasteiger partial charge in [0.2, 0.25) is 5.91 Å². The number of hydrogen-bond acceptors (Lipinski definition) is 6. The maximum atomic E-state index is 12.7. The summed E-state index contributed by atoms with van der Waals surface area (Å²) in [7, 11) is 0. The average Bonchev–Trinajstić information content (AvgIpc) is 2.75. The molecule has 1 fully saturated rings. The highest BCUT2D eigenvalue weighted by atomic mass is 16.5. The molecule has 0 bridgehead atoms. The van der Waals surface area contributed by atoms with Crippen LogP contribution in [0.3, 0.4) is 0 Å². The number of carbonyl (C=O) groups excluding carboxylic acids is 1. The third kappa shape index (κ3) is 8.97. The number of likely N-dealkylation sites (N-methyl/N-ethyl adjacent to an activating group) is 1. The fourth-order valence-corrected chi connectivity index (χ4v) is 3.45. The standard InChI is InChI=1S/C21H32N2O3.C2H2O4/c1-5-23(14-16(3)4)21(25)18-9-11-22(12-10-18)15-17-7-8-19(24)20(13-17)26-6-2;3-1(4)2(5)6/h7-8,13,18,24H,3,5-6,9-12,14-15H2,1-2,4H3;(H,3,4)(H,5,6). The number of carbonyl (C=O) groups is 3. The molecule has 0 aromatic heterocycles. The third-order valence-corrected chi connectivity index (χ3v) is 5.00. The Morgan fingerprint density at radius 2 is 1.75 bits per heavy atom. The van der Waals surface area contributed by atoms with Gasteiger partial charge in [-0.15, -0.1) is 0 Å². The van der Waals surface area contributed by atoms with E-state index in [4.69, 9.17) is 24.5 Å². The maximum Gasteiger partial charge on any atom is 0.414 e. The van der Waals surface area contributed by atoms with Gasteiger partial charge in [0, 0.05) is 25.6 Å². The number of nitrogens with zero attached hydrogens (tertiary/aromatic N) is 2. The van der Waals surface area contributed by atoms with Gasteiger partial charge >= 0.3 is 11.9 Å². The van der Waals surface area contributed by atoms with Gasteiger partial charge in [0.25, 0.3) is 0 Å². The Hall–Kier alpha value is -3.07. The zero-order valence-corrected chi connectivity index (χ0v) is 19.0. The maximum absolute atomic E-state index is 12.7. The van der Waals surface area contributed by atoms with Crippen LogP contribution in [0.15, 0.2) is 30.4 Å². The third-order valence-electron chi connectivity index (χ3n) is 5.00. The van der Waals surface area contributed by atoms with Crippen LogP contribution in [0.4, 0.5) is 0 Å². The van der Waals surface area contributed by atoms with Gasteiger partial charge in [0.1, 0.15) is 0 Å². The minimum atomic E-state index is -1.82. The second-order valence-electron chi connectivity index (χ2n) is 7.71. The van der Waals surface area contributed by atoms with Gasteiger partial charge in [-0.2, -0.15) is 0 Å². The largest absolute Gasteiger partial charge is 0.504 e. The number of amides is 1. The van der Waals surface area contributed by atoms with Crippen LogP contribution >= 0.6 is 0 Å². The Bertz CT molecular complexity index is 790. The number of likely N-dealkylation sites (tertiary alicyclic amines) is 1. The fourth-order valence-electron chi connectivity index (χ4n) is 3.45. The van der Waals surface area contributed by atoms with Crippen LogP contribution in [-0.2, 0) is 20.9 Å². The Balaban J connectivity index is 0.000000751. The van der Waals surface area contributed by atoms with E-state index in [1.807, 2.05) is 37.8 Å². The summed E-state index contributed by atoms with van der Waals surface area (Å²) in [6, 6.07) is 5.52. The molecule has 1 aliphatic heterocycles. The number of aromatic hydroxyl groups is 1. The van der Waals surface area contributed by atoms with E-state index in [9.17, 15) is 9.90 Å². The predicted molar refractivity (Wildman–Crippen MR) is 120 cm³/mol. The summed E-state index contributed by atoms with van der Waals surface area (Å²) in [6.45, 7) is 14.4. The second-order valence-corrected chi connectivity index (χ2v) is 7.71. The summed E-state index contributed by atoms with van der Waals surface area (Å²) < 4.78 is 5.46. The van der Waals surface area contributed by atoms with Crippen LogP contribution in [0.5, 0.6) is 11.5 Å². The lowest BCUT2D eigenvalue weighted by molar-refractivity contribution is -0.159. The van der Waals surface area contributed by atoms with E-state index in [-0.39, 0.29) is 17.6 Å². The van der Waals surface area contributed by atoms with Crippen molar-refractivity contribution in [2.45, 2.75) is 40.2 Å². The van der Waals surface area contributed by atoms with E-state index in [0.717, 1.165) is 50.2 Å². The van der Waals surface area contributed by atoms with Crippen molar-refractivity contribution < 1.29 is 34.4 Å². The van der Waals surface area contributed by atoms with Crippen LogP contribution in [-0.4, -0.2) is 75.8 Å². The minimum absolute atomic E-state index is 0.115. The molecule has 2 rings (SSSR count). The Kier molecular flexibility index (Phi) is 11.3. The number of aliphatic carboxylic acids is 2. The first-order valence-corrected chi connectivity index (χ1v) is 10.6. The normalized spacial score (nSPS) is 14.1. The molecule has 0 atom stereocenters. The first-order valence-electron chi connectivity index (χ1n) is 10.6. The Morgan fingerprint density at radius 3 is 2.22 bits per heavy atom. The highest BCUT2D eigenvalue weighted by Crippen LogP contribution is 2.28. The topological polar surface area (TPSA) is 128 Å². The van der Waals surface area contributed by atoms with E-state index in [0.29, 0.717) is 18.9 Å². The van der Waals surface area contributed by atoms with Crippen molar-refractivity contribution in [3.05, 3.63) is 35.9 Å². The lowest BCUT2D eigenvalue weighted by Gasteiger charge is -2.34. The molecule has 3 N–H and O–H groups in total. The van der Waals surface area contributed by atoms with Gasteiger partial charge < -0.3 is 25.0 Å². The molecule has 0 spiro atoms. The summed E-state index contributed by atoms with van der Waals surface area (Å²) in [4.78, 5) is 35.2. The monoisotopic (exact) mass is 450 g/mol. The van der Waals surface area contributed by atoms with Crippen molar-refractivity contribution in [1.82, 2.24) is 9.80 Å². The van der Waals surface area contributed by atoms with Gasteiger partial charge in [-0.1, -0.05) is 18.2 Å². The first kappa shape index (κ1) is 27.0. The van der Waals surface area contributed by atoms with Crippen molar-refractivity contribution in [2.75, 3.05) is 32.8 Å². The number of phenols is 1. The Morgan fingerprint density at radius 1 is 1.16 bits per heavy atom. The molecular weight excluding hydrogens is 416 g/mol. The SMILES string of the molecule is C=C(C)CN(CC)C(=O)C1CCN(Cc2ccc(O)c(OCC)c2)CC1.O=C(O)C(=O)O. The highest BCUT2D eigenvalue weighted by molar-refractivity contribution is 6.27. The zero-order valence-electron chi connectivity index (χ0n) is 19.0. The van der Waals surface area contributed by atoms with Crippen LogP contribution in [0.25, 0.3) is 0 Å². The smallest absolute Gasteiger partial charge is 0.414 e. The average molecular weight is 451 g/mol. The zero-order chi connectivity index (χ0) is 24.3. The number of benzene rings is 1. The van der Waals surface area contributed by atoms with Gasteiger partial charge in [-0.05, 0) is 64.4 Å². The molecule has 1 aromatic rings. The van der Waals surface area contributed by atoms with Gasteiger partial charge in [-0.3, -0.25) is 9.69 Å². The van der Waals surface area contributed by atoms with E-state index in [1.165, 1.54) is 0 Å². The molecule has 1 amide bonds. The molecule has 1 saturated heterocycles. The van der Waals surface area contributed by atoms with Crippen LogP contribution in [0.1, 0.15) is 39.2 Å². The van der Waals surface area contributed by atoms with Crippen molar-refractivity contribution in [3.8, 4) is 11.5 Å². The lowest BCUT2D eigenvalue weighted by atomic mass is 9.94. The molecule has 0 saturated carbocycles. The molecular formula is C23H34N2O7. The number of phenolic OH excluding ortho intramolecular Hbond substituents is 1. The number of piperidine rings is 1. The number of ether oxygens (including phenoxy) is 1. The van der Waals surface area contributed by atoms with E-state index >= 15 is 0 Å². The Labute approximate surface area is 188 Å². The quantitative estimate of drug-likeness (QED) is 0.407. The molecule has 32 heavy (non-hydrogen) atoms. The first-order chi connectivity index (χ1) is 15.1. The lowest BCUT2D eigenvalue weighted by Crippen LogP contribution is -2.42. The molecule has 0 aliphatic carbocycles. The molecule has 178 valence electrons. The molecule has 1 heterocycles. The molecule has 9 heteroatoms.